The zero-order valence-corrected chi connectivity index (χ0v) is 25.5. The molecule has 2 aliphatic heterocycles. The Hall–Kier alpha value is -4.67. The lowest BCUT2D eigenvalue weighted by atomic mass is 9.83. The Labute approximate surface area is 261 Å². The number of hydrogen-bond donors (Lipinski definition) is 1. The Bertz CT molecular complexity index is 2000. The minimum absolute atomic E-state index is 0.221. The summed E-state index contributed by atoms with van der Waals surface area (Å²) in [6.45, 7) is 1.72. The third-order valence-electron chi connectivity index (χ3n) is 8.15. The summed E-state index contributed by atoms with van der Waals surface area (Å²) in [6.07, 6.45) is 0. The SMILES string of the molecule is COc1ccc(C2c3sc(=O)n(CC(=O)Nc4ccc5ccccc5c4)c3SC3C(=O)N(c4ccc(C)cc4)C(=O)C32)cc1. The molecule has 7 rings (SSSR count). The highest BCUT2D eigenvalue weighted by atomic mass is 32.2. The summed E-state index contributed by atoms with van der Waals surface area (Å²) in [7, 11) is 1.58. The van der Waals surface area contributed by atoms with Gasteiger partial charge in [-0.05, 0) is 59.7 Å². The maximum absolute atomic E-state index is 14.0. The summed E-state index contributed by atoms with van der Waals surface area (Å²) in [4.78, 5) is 56.3. The Kier molecular flexibility index (Phi) is 7.10. The van der Waals surface area contributed by atoms with Crippen LogP contribution in [0.4, 0.5) is 11.4 Å². The molecule has 3 amide bonds. The van der Waals surface area contributed by atoms with Gasteiger partial charge in [0.1, 0.15) is 17.5 Å². The van der Waals surface area contributed by atoms with Crippen LogP contribution in [0, 0.1) is 12.8 Å². The molecule has 220 valence electrons. The number of amides is 3. The van der Waals surface area contributed by atoms with E-state index in [4.69, 9.17) is 4.74 Å². The van der Waals surface area contributed by atoms with Crippen LogP contribution in [0.2, 0.25) is 0 Å². The molecule has 3 unspecified atom stereocenters. The molecule has 8 nitrogen and oxygen atoms in total. The molecular formula is C34H27N3O5S2. The van der Waals surface area contributed by atoms with Crippen LogP contribution in [-0.4, -0.2) is 34.6 Å². The van der Waals surface area contributed by atoms with Crippen molar-refractivity contribution in [2.75, 3.05) is 17.3 Å². The Morgan fingerprint density at radius 1 is 0.886 bits per heavy atom. The van der Waals surface area contributed by atoms with Gasteiger partial charge >= 0.3 is 4.87 Å². The van der Waals surface area contributed by atoms with Crippen molar-refractivity contribution in [1.29, 1.82) is 0 Å². The van der Waals surface area contributed by atoms with Crippen LogP contribution < -0.4 is 19.8 Å². The fraction of sp³-hybridized carbons (Fsp3) is 0.176. The van der Waals surface area contributed by atoms with Gasteiger partial charge < -0.3 is 10.1 Å². The van der Waals surface area contributed by atoms with Crippen LogP contribution in [0.15, 0.2) is 101 Å². The van der Waals surface area contributed by atoms with Crippen molar-refractivity contribution in [3.8, 4) is 5.75 Å². The molecule has 3 atom stereocenters. The Morgan fingerprint density at radius 2 is 1.61 bits per heavy atom. The molecule has 4 aromatic carbocycles. The van der Waals surface area contributed by atoms with Gasteiger partial charge in [-0.2, -0.15) is 0 Å². The van der Waals surface area contributed by atoms with E-state index in [0.29, 0.717) is 27.0 Å². The first-order valence-electron chi connectivity index (χ1n) is 14.1. The van der Waals surface area contributed by atoms with Crippen LogP contribution in [0.25, 0.3) is 10.8 Å². The lowest BCUT2D eigenvalue weighted by Gasteiger charge is -2.30. The normalized spacial score (nSPS) is 19.1. The molecule has 1 N–H and O–H groups in total. The van der Waals surface area contributed by atoms with Crippen molar-refractivity contribution >= 4 is 63.0 Å². The van der Waals surface area contributed by atoms with E-state index >= 15 is 0 Å². The van der Waals surface area contributed by atoms with Crippen molar-refractivity contribution in [3.05, 3.63) is 117 Å². The number of aryl methyl sites for hydroxylation is 1. The highest BCUT2D eigenvalue weighted by Gasteiger charge is 2.56. The fourth-order valence-corrected chi connectivity index (χ4v) is 8.76. The van der Waals surface area contributed by atoms with Gasteiger partial charge in [0, 0.05) is 16.5 Å². The number of thioether (sulfide) groups is 1. The second-order valence-corrected chi connectivity index (χ2v) is 13.0. The lowest BCUT2D eigenvalue weighted by Crippen LogP contribution is -2.33. The molecule has 0 radical (unpaired) electrons. The number of ether oxygens (including phenoxy) is 1. The lowest BCUT2D eigenvalue weighted by molar-refractivity contribution is -0.122. The van der Waals surface area contributed by atoms with E-state index in [-0.39, 0.29) is 29.1 Å². The number of methoxy groups -OCH3 is 1. The molecular weight excluding hydrogens is 595 g/mol. The number of carbonyl (C=O) groups is 3. The van der Waals surface area contributed by atoms with Crippen LogP contribution in [0.3, 0.4) is 0 Å². The molecule has 0 spiro atoms. The number of thiazole rings is 1. The standard InChI is InChI=1S/C34H27N3O5S2/c1-19-7-13-24(14-8-19)37-31(39)28-27(21-10-15-25(42-2)16-11-21)30-33(43-29(28)32(37)40)36(34(41)44-30)18-26(38)35-23-12-9-20-5-3-4-6-22(20)17-23/h3-17,27-29H,18H2,1-2H3,(H,35,38). The van der Waals surface area contributed by atoms with Crippen LogP contribution in [0.5, 0.6) is 5.75 Å². The summed E-state index contributed by atoms with van der Waals surface area (Å²) >= 11 is 2.23. The first-order valence-corrected chi connectivity index (χ1v) is 15.8. The van der Waals surface area contributed by atoms with E-state index in [1.165, 1.54) is 21.2 Å². The maximum Gasteiger partial charge on any atom is 0.308 e. The number of rotatable bonds is 6. The third kappa shape index (κ3) is 4.80. The topological polar surface area (TPSA) is 97.7 Å². The second kappa shape index (κ2) is 11.1. The fourth-order valence-electron chi connectivity index (χ4n) is 5.99. The predicted molar refractivity (Wildman–Crippen MR) is 173 cm³/mol. The second-order valence-electron chi connectivity index (χ2n) is 10.9. The summed E-state index contributed by atoms with van der Waals surface area (Å²) in [6, 6.07) is 28.1. The third-order valence-corrected chi connectivity index (χ3v) is 10.8. The summed E-state index contributed by atoms with van der Waals surface area (Å²) in [5, 5.41) is 4.74. The van der Waals surface area contributed by atoms with Crippen molar-refractivity contribution in [1.82, 2.24) is 4.57 Å². The predicted octanol–water partition coefficient (Wildman–Crippen LogP) is 5.81. The van der Waals surface area contributed by atoms with Crippen LogP contribution in [0.1, 0.15) is 21.9 Å². The zero-order valence-electron chi connectivity index (χ0n) is 23.9. The van der Waals surface area contributed by atoms with Gasteiger partial charge in [0.25, 0.3) is 0 Å². The van der Waals surface area contributed by atoms with Gasteiger partial charge in [0.15, 0.2) is 0 Å². The molecule has 44 heavy (non-hydrogen) atoms. The van der Waals surface area contributed by atoms with Gasteiger partial charge in [0.2, 0.25) is 17.7 Å². The number of fused-ring (bicyclic) bond motifs is 3. The van der Waals surface area contributed by atoms with Crippen molar-refractivity contribution in [2.24, 2.45) is 5.92 Å². The van der Waals surface area contributed by atoms with E-state index in [0.717, 1.165) is 33.2 Å². The van der Waals surface area contributed by atoms with E-state index in [9.17, 15) is 19.2 Å². The van der Waals surface area contributed by atoms with Gasteiger partial charge in [0.05, 0.1) is 23.7 Å². The smallest absolute Gasteiger partial charge is 0.308 e. The minimum Gasteiger partial charge on any atom is -0.497 e. The molecule has 1 aromatic heterocycles. The summed E-state index contributed by atoms with van der Waals surface area (Å²) < 4.78 is 6.78. The van der Waals surface area contributed by atoms with E-state index < -0.39 is 17.1 Å². The first-order chi connectivity index (χ1) is 21.3. The zero-order chi connectivity index (χ0) is 30.5. The van der Waals surface area contributed by atoms with Crippen molar-refractivity contribution in [3.63, 3.8) is 0 Å². The highest BCUT2D eigenvalue weighted by molar-refractivity contribution is 8.00. The van der Waals surface area contributed by atoms with Crippen LogP contribution >= 0.6 is 23.1 Å². The van der Waals surface area contributed by atoms with Crippen LogP contribution in [-0.2, 0) is 20.9 Å². The van der Waals surface area contributed by atoms with Gasteiger partial charge in [-0.15, -0.1) is 0 Å². The molecule has 0 bridgehead atoms. The highest BCUT2D eigenvalue weighted by Crippen LogP contribution is 2.54. The molecule has 2 aliphatic rings. The number of aromatic nitrogens is 1. The molecule has 5 aromatic rings. The number of carbonyl (C=O) groups excluding carboxylic acids is 3. The average molecular weight is 622 g/mol. The number of nitrogens with one attached hydrogen (secondary N) is 1. The van der Waals surface area contributed by atoms with Gasteiger partial charge in [-0.25, -0.2) is 4.90 Å². The Morgan fingerprint density at radius 3 is 2.34 bits per heavy atom. The van der Waals surface area contributed by atoms with Crippen molar-refractivity contribution in [2.45, 2.75) is 29.7 Å². The molecule has 0 aliphatic carbocycles. The number of hydrogen-bond acceptors (Lipinski definition) is 7. The number of anilines is 2. The van der Waals surface area contributed by atoms with Gasteiger partial charge in [-0.3, -0.25) is 23.7 Å². The molecule has 3 heterocycles. The number of imide groups is 1. The molecule has 10 heteroatoms. The molecule has 1 fully saturated rings. The Balaban J connectivity index is 1.26. The monoisotopic (exact) mass is 621 g/mol. The maximum atomic E-state index is 14.0. The average Bonchev–Trinajstić information content (AvgIpc) is 3.47. The van der Waals surface area contributed by atoms with Gasteiger partial charge in [-0.1, -0.05) is 83.3 Å². The summed E-state index contributed by atoms with van der Waals surface area (Å²) in [5.74, 6) is -1.60. The van der Waals surface area contributed by atoms with E-state index in [1.807, 2.05) is 85.8 Å². The molecule has 0 saturated carbocycles. The van der Waals surface area contributed by atoms with Crippen molar-refractivity contribution < 1.29 is 19.1 Å². The first kappa shape index (κ1) is 28.1. The largest absolute Gasteiger partial charge is 0.497 e. The minimum atomic E-state index is -0.757. The quantitative estimate of drug-likeness (QED) is 0.240. The molecule has 1 saturated heterocycles. The van der Waals surface area contributed by atoms with E-state index in [2.05, 4.69) is 5.32 Å². The number of benzene rings is 4. The summed E-state index contributed by atoms with van der Waals surface area (Å²) in [5.41, 5.74) is 2.96. The van der Waals surface area contributed by atoms with E-state index in [1.54, 1.807) is 19.2 Å². The number of nitrogens with zero attached hydrogens (tertiary/aromatic N) is 2.